The number of pyridine rings is 1. The lowest BCUT2D eigenvalue weighted by molar-refractivity contribution is 0.102. The van der Waals surface area contributed by atoms with E-state index in [4.69, 9.17) is 23.2 Å². The molecule has 1 aromatic heterocycles. The minimum absolute atomic E-state index is 0.279. The maximum atomic E-state index is 12.2. The third-order valence-corrected chi connectivity index (χ3v) is 4.32. The number of anilines is 3. The summed E-state index contributed by atoms with van der Waals surface area (Å²) in [6.45, 7) is 1.95. The van der Waals surface area contributed by atoms with E-state index in [2.05, 4.69) is 15.6 Å². The lowest BCUT2D eigenvalue weighted by atomic mass is 10.2. The molecule has 126 valence electrons. The van der Waals surface area contributed by atoms with Gasteiger partial charge in [0.25, 0.3) is 5.91 Å². The highest BCUT2D eigenvalue weighted by molar-refractivity contribution is 6.34. The van der Waals surface area contributed by atoms with Gasteiger partial charge in [0.05, 0.1) is 22.5 Å². The van der Waals surface area contributed by atoms with Crippen molar-refractivity contribution in [3.63, 3.8) is 0 Å². The molecule has 0 aliphatic heterocycles. The minimum atomic E-state index is -0.279. The number of aryl methyl sites for hydroxylation is 1. The number of nitrogens with one attached hydrogen (secondary N) is 2. The second-order valence-corrected chi connectivity index (χ2v) is 6.27. The zero-order valence-corrected chi connectivity index (χ0v) is 14.9. The molecule has 0 radical (unpaired) electrons. The number of nitrogens with zero attached hydrogens (tertiary/aromatic N) is 1. The monoisotopic (exact) mass is 371 g/mol. The first-order valence-corrected chi connectivity index (χ1v) is 8.33. The van der Waals surface area contributed by atoms with Crippen LogP contribution in [0.15, 0.2) is 60.8 Å². The Morgan fingerprint density at radius 3 is 2.40 bits per heavy atom. The molecular weight excluding hydrogens is 357 g/mol. The van der Waals surface area contributed by atoms with E-state index in [1.165, 1.54) is 0 Å². The van der Waals surface area contributed by atoms with Gasteiger partial charge in [0.1, 0.15) is 5.82 Å². The van der Waals surface area contributed by atoms with Crippen LogP contribution in [-0.2, 0) is 0 Å². The summed E-state index contributed by atoms with van der Waals surface area (Å²) in [4.78, 5) is 16.5. The van der Waals surface area contributed by atoms with Gasteiger partial charge in [-0.3, -0.25) is 4.79 Å². The Labute approximate surface area is 155 Å². The summed E-state index contributed by atoms with van der Waals surface area (Å²) in [5.74, 6) is 0.370. The van der Waals surface area contributed by atoms with Gasteiger partial charge in [-0.25, -0.2) is 4.98 Å². The number of hydrogen-bond donors (Lipinski definition) is 2. The number of hydrogen-bond acceptors (Lipinski definition) is 3. The van der Waals surface area contributed by atoms with Gasteiger partial charge in [0.2, 0.25) is 0 Å². The molecule has 0 unspecified atom stereocenters. The number of aromatic nitrogens is 1. The van der Waals surface area contributed by atoms with E-state index in [1.54, 1.807) is 42.6 Å². The zero-order chi connectivity index (χ0) is 17.8. The summed E-state index contributed by atoms with van der Waals surface area (Å²) >= 11 is 12.1. The number of amides is 1. The molecule has 0 atom stereocenters. The van der Waals surface area contributed by atoms with E-state index >= 15 is 0 Å². The van der Waals surface area contributed by atoms with Gasteiger partial charge in [-0.05, 0) is 48.9 Å². The SMILES string of the molecule is Cc1ccc(Nc2ccc(NC(=O)c3ccccc3Cl)cn2)cc1Cl. The topological polar surface area (TPSA) is 54.0 Å². The third kappa shape index (κ3) is 4.29. The Kier molecular flexibility index (Phi) is 5.22. The van der Waals surface area contributed by atoms with Gasteiger partial charge in [0.15, 0.2) is 0 Å². The van der Waals surface area contributed by atoms with Crippen LogP contribution in [0, 0.1) is 6.92 Å². The average molecular weight is 372 g/mol. The van der Waals surface area contributed by atoms with Crippen molar-refractivity contribution < 1.29 is 4.79 Å². The van der Waals surface area contributed by atoms with Crippen LogP contribution >= 0.6 is 23.2 Å². The van der Waals surface area contributed by atoms with Gasteiger partial charge in [0, 0.05) is 10.7 Å². The predicted molar refractivity (Wildman–Crippen MR) is 103 cm³/mol. The van der Waals surface area contributed by atoms with Crippen molar-refractivity contribution in [3.8, 4) is 0 Å². The van der Waals surface area contributed by atoms with Crippen molar-refractivity contribution in [3.05, 3.63) is 82.0 Å². The molecule has 3 aromatic rings. The van der Waals surface area contributed by atoms with Crippen molar-refractivity contribution in [2.75, 3.05) is 10.6 Å². The summed E-state index contributed by atoms with van der Waals surface area (Å²) in [6, 6.07) is 16.1. The molecule has 1 amide bonds. The van der Waals surface area contributed by atoms with Gasteiger partial charge >= 0.3 is 0 Å². The number of carbonyl (C=O) groups excluding carboxylic acids is 1. The average Bonchev–Trinajstić information content (AvgIpc) is 2.60. The van der Waals surface area contributed by atoms with Crippen molar-refractivity contribution in [1.82, 2.24) is 4.98 Å². The highest BCUT2D eigenvalue weighted by atomic mass is 35.5. The summed E-state index contributed by atoms with van der Waals surface area (Å²) in [6.07, 6.45) is 1.58. The Morgan fingerprint density at radius 1 is 0.960 bits per heavy atom. The normalized spacial score (nSPS) is 10.4. The fourth-order valence-corrected chi connectivity index (χ4v) is 2.61. The van der Waals surface area contributed by atoms with Gasteiger partial charge in [-0.1, -0.05) is 41.4 Å². The smallest absolute Gasteiger partial charge is 0.257 e. The molecule has 0 fully saturated rings. The lowest BCUT2D eigenvalue weighted by Crippen LogP contribution is -2.12. The molecule has 0 bridgehead atoms. The van der Waals surface area contributed by atoms with E-state index in [1.807, 2.05) is 25.1 Å². The van der Waals surface area contributed by atoms with E-state index in [0.717, 1.165) is 11.3 Å². The van der Waals surface area contributed by atoms with Crippen LogP contribution in [0.5, 0.6) is 0 Å². The van der Waals surface area contributed by atoms with Crippen LogP contribution < -0.4 is 10.6 Å². The molecule has 0 saturated heterocycles. The maximum absolute atomic E-state index is 12.2. The molecule has 4 nitrogen and oxygen atoms in total. The van der Waals surface area contributed by atoms with Gasteiger partial charge < -0.3 is 10.6 Å². The first kappa shape index (κ1) is 17.3. The zero-order valence-electron chi connectivity index (χ0n) is 13.4. The van der Waals surface area contributed by atoms with Crippen molar-refractivity contribution >= 4 is 46.3 Å². The second-order valence-electron chi connectivity index (χ2n) is 5.46. The standard InChI is InChI=1S/C19H15Cl2N3O/c1-12-6-7-13(10-17(12)21)23-18-9-8-14(11-22-18)24-19(25)15-4-2-3-5-16(15)20/h2-11H,1H3,(H,22,23)(H,24,25). The predicted octanol–water partition coefficient (Wildman–Crippen LogP) is 5.69. The lowest BCUT2D eigenvalue weighted by Gasteiger charge is -2.09. The Bertz CT molecular complexity index is 911. The summed E-state index contributed by atoms with van der Waals surface area (Å²) in [5, 5.41) is 7.03. The Balaban J connectivity index is 1.69. The molecule has 3 rings (SSSR count). The molecule has 1 heterocycles. The molecule has 2 N–H and O–H groups in total. The molecule has 25 heavy (non-hydrogen) atoms. The first-order chi connectivity index (χ1) is 12.0. The van der Waals surface area contributed by atoms with Gasteiger partial charge in [-0.2, -0.15) is 0 Å². The molecule has 6 heteroatoms. The summed E-state index contributed by atoms with van der Waals surface area (Å²) in [7, 11) is 0. The number of carbonyl (C=O) groups is 1. The second kappa shape index (κ2) is 7.55. The van der Waals surface area contributed by atoms with Crippen LogP contribution in [0.2, 0.25) is 10.0 Å². The molecule has 0 spiro atoms. The van der Waals surface area contributed by atoms with Gasteiger partial charge in [-0.15, -0.1) is 0 Å². The van der Waals surface area contributed by atoms with E-state index in [-0.39, 0.29) is 5.91 Å². The van der Waals surface area contributed by atoms with E-state index in [0.29, 0.717) is 27.1 Å². The summed E-state index contributed by atoms with van der Waals surface area (Å²) in [5.41, 5.74) is 2.85. The molecule has 2 aromatic carbocycles. The van der Waals surface area contributed by atoms with Crippen LogP contribution in [0.3, 0.4) is 0 Å². The quantitative estimate of drug-likeness (QED) is 0.618. The third-order valence-electron chi connectivity index (χ3n) is 3.58. The van der Waals surface area contributed by atoms with Crippen molar-refractivity contribution in [2.24, 2.45) is 0 Å². The molecule has 0 aliphatic carbocycles. The Morgan fingerprint density at radius 2 is 1.72 bits per heavy atom. The highest BCUT2D eigenvalue weighted by Gasteiger charge is 2.10. The highest BCUT2D eigenvalue weighted by Crippen LogP contribution is 2.23. The van der Waals surface area contributed by atoms with E-state index in [9.17, 15) is 4.79 Å². The number of benzene rings is 2. The van der Waals surface area contributed by atoms with Crippen LogP contribution in [0.1, 0.15) is 15.9 Å². The molecular formula is C19H15Cl2N3O. The van der Waals surface area contributed by atoms with Crippen LogP contribution in [0.25, 0.3) is 0 Å². The molecule has 0 aliphatic rings. The maximum Gasteiger partial charge on any atom is 0.257 e. The fourth-order valence-electron chi connectivity index (χ4n) is 2.20. The molecule has 0 saturated carbocycles. The largest absolute Gasteiger partial charge is 0.340 e. The summed E-state index contributed by atoms with van der Waals surface area (Å²) < 4.78 is 0. The van der Waals surface area contributed by atoms with Crippen LogP contribution in [-0.4, -0.2) is 10.9 Å². The van der Waals surface area contributed by atoms with Crippen molar-refractivity contribution in [2.45, 2.75) is 6.92 Å². The minimum Gasteiger partial charge on any atom is -0.340 e. The Hall–Kier alpha value is -2.56. The van der Waals surface area contributed by atoms with Crippen LogP contribution in [0.4, 0.5) is 17.2 Å². The van der Waals surface area contributed by atoms with Crippen molar-refractivity contribution in [1.29, 1.82) is 0 Å². The van der Waals surface area contributed by atoms with E-state index < -0.39 is 0 Å². The number of rotatable bonds is 4. The fraction of sp³-hybridized carbons (Fsp3) is 0.0526. The number of halogens is 2. The first-order valence-electron chi connectivity index (χ1n) is 7.58.